The summed E-state index contributed by atoms with van der Waals surface area (Å²) in [7, 11) is -4.02. The van der Waals surface area contributed by atoms with Crippen LogP contribution >= 0.6 is 0 Å². The first-order chi connectivity index (χ1) is 6.73. The molecule has 0 saturated carbocycles. The molecule has 0 aliphatic heterocycles. The van der Waals surface area contributed by atoms with E-state index in [1.807, 2.05) is 6.92 Å². The molecule has 0 spiro atoms. The SMILES string of the molecule is CC(C)=O.Cc1ccc(S(=O)(=O)O)cc1. The first-order valence-corrected chi connectivity index (χ1v) is 5.69. The highest BCUT2D eigenvalue weighted by Gasteiger charge is 2.06. The summed E-state index contributed by atoms with van der Waals surface area (Å²) in [6.45, 7) is 4.90. The molecular formula is C10H14O4S. The molecule has 4 nitrogen and oxygen atoms in total. The second-order valence-corrected chi connectivity index (χ2v) is 4.62. The first kappa shape index (κ1) is 13.8. The average Bonchev–Trinajstić information content (AvgIpc) is 2.01. The largest absolute Gasteiger partial charge is 0.300 e. The lowest BCUT2D eigenvalue weighted by atomic mass is 10.2. The molecular weight excluding hydrogens is 216 g/mol. The summed E-state index contributed by atoms with van der Waals surface area (Å²) < 4.78 is 29.6. The number of rotatable bonds is 1. The standard InChI is InChI=1S/C7H8O3S.C3H6O/c1-6-2-4-7(5-3-6)11(8,9)10;1-3(2)4/h2-5H,1H3,(H,8,9,10);1-2H3. The Morgan fingerprint density at radius 1 is 1.13 bits per heavy atom. The molecule has 15 heavy (non-hydrogen) atoms. The van der Waals surface area contributed by atoms with Crippen LogP contribution in [0, 0.1) is 6.92 Å². The maximum Gasteiger partial charge on any atom is 0.294 e. The zero-order valence-electron chi connectivity index (χ0n) is 8.89. The number of benzene rings is 1. The van der Waals surface area contributed by atoms with E-state index in [1.54, 1.807) is 12.1 Å². The Morgan fingerprint density at radius 3 is 1.73 bits per heavy atom. The van der Waals surface area contributed by atoms with E-state index >= 15 is 0 Å². The van der Waals surface area contributed by atoms with Gasteiger partial charge in [0.25, 0.3) is 10.1 Å². The zero-order valence-corrected chi connectivity index (χ0v) is 9.71. The van der Waals surface area contributed by atoms with Gasteiger partial charge in [-0.25, -0.2) is 0 Å². The summed E-state index contributed by atoms with van der Waals surface area (Å²) >= 11 is 0. The molecule has 0 aliphatic rings. The number of carbonyl (C=O) groups excluding carboxylic acids is 1. The number of hydrogen-bond acceptors (Lipinski definition) is 3. The van der Waals surface area contributed by atoms with Crippen LogP contribution in [-0.4, -0.2) is 18.8 Å². The second-order valence-electron chi connectivity index (χ2n) is 3.20. The van der Waals surface area contributed by atoms with Crippen molar-refractivity contribution in [3.63, 3.8) is 0 Å². The molecule has 5 heteroatoms. The summed E-state index contributed by atoms with van der Waals surface area (Å²) in [4.78, 5) is 9.38. The van der Waals surface area contributed by atoms with Crippen molar-refractivity contribution in [2.24, 2.45) is 0 Å². The highest BCUT2D eigenvalue weighted by molar-refractivity contribution is 7.85. The van der Waals surface area contributed by atoms with Crippen molar-refractivity contribution in [2.45, 2.75) is 25.7 Å². The maximum absolute atomic E-state index is 10.5. The summed E-state index contributed by atoms with van der Waals surface area (Å²) in [5.74, 6) is 0.167. The summed E-state index contributed by atoms with van der Waals surface area (Å²) in [6, 6.07) is 5.99. The van der Waals surface area contributed by atoms with E-state index < -0.39 is 10.1 Å². The molecule has 0 aliphatic carbocycles. The lowest BCUT2D eigenvalue weighted by molar-refractivity contribution is -0.114. The normalized spacial score (nSPS) is 10.1. The second kappa shape index (κ2) is 5.63. The minimum atomic E-state index is -4.02. The third kappa shape index (κ3) is 6.82. The molecule has 0 amide bonds. The Bertz CT molecular complexity index is 413. The fraction of sp³-hybridized carbons (Fsp3) is 0.300. The van der Waals surface area contributed by atoms with Gasteiger partial charge in [-0.3, -0.25) is 4.55 Å². The van der Waals surface area contributed by atoms with Crippen molar-refractivity contribution in [3.05, 3.63) is 29.8 Å². The van der Waals surface area contributed by atoms with Crippen molar-refractivity contribution in [1.82, 2.24) is 0 Å². The van der Waals surface area contributed by atoms with Crippen molar-refractivity contribution in [2.75, 3.05) is 0 Å². The Morgan fingerprint density at radius 2 is 1.47 bits per heavy atom. The average molecular weight is 230 g/mol. The van der Waals surface area contributed by atoms with E-state index in [9.17, 15) is 13.2 Å². The fourth-order valence-corrected chi connectivity index (χ4v) is 1.19. The van der Waals surface area contributed by atoms with Gasteiger partial charge in [-0.05, 0) is 32.9 Å². The third-order valence-electron chi connectivity index (χ3n) is 1.32. The van der Waals surface area contributed by atoms with E-state index in [0.29, 0.717) is 0 Å². The summed E-state index contributed by atoms with van der Waals surface area (Å²) in [6.07, 6.45) is 0. The lowest BCUT2D eigenvalue weighted by Crippen LogP contribution is -1.96. The fourth-order valence-electron chi connectivity index (χ4n) is 0.710. The first-order valence-electron chi connectivity index (χ1n) is 4.25. The molecule has 1 aromatic carbocycles. The van der Waals surface area contributed by atoms with Gasteiger partial charge in [0.15, 0.2) is 0 Å². The molecule has 1 aromatic rings. The quantitative estimate of drug-likeness (QED) is 0.747. The highest BCUT2D eigenvalue weighted by Crippen LogP contribution is 2.08. The third-order valence-corrected chi connectivity index (χ3v) is 2.19. The smallest absolute Gasteiger partial charge is 0.294 e. The summed E-state index contributed by atoms with van der Waals surface area (Å²) in [5.41, 5.74) is 0.956. The number of Topliss-reactive ketones (excluding diaryl/α,β-unsaturated/α-hetero) is 1. The van der Waals surface area contributed by atoms with E-state index in [-0.39, 0.29) is 10.7 Å². The Labute approximate surface area is 89.7 Å². The van der Waals surface area contributed by atoms with Gasteiger partial charge in [0, 0.05) is 0 Å². The van der Waals surface area contributed by atoms with Crippen LogP contribution in [0.25, 0.3) is 0 Å². The van der Waals surface area contributed by atoms with E-state index in [4.69, 9.17) is 4.55 Å². The molecule has 84 valence electrons. The minimum Gasteiger partial charge on any atom is -0.300 e. The van der Waals surface area contributed by atoms with Crippen LogP contribution in [0.3, 0.4) is 0 Å². The van der Waals surface area contributed by atoms with Gasteiger partial charge in [-0.2, -0.15) is 8.42 Å². The van der Waals surface area contributed by atoms with Gasteiger partial charge in [-0.1, -0.05) is 17.7 Å². The van der Waals surface area contributed by atoms with Crippen LogP contribution in [-0.2, 0) is 14.9 Å². The van der Waals surface area contributed by atoms with Crippen LogP contribution in [0.2, 0.25) is 0 Å². The van der Waals surface area contributed by atoms with Crippen LogP contribution in [0.1, 0.15) is 19.4 Å². The molecule has 0 heterocycles. The Hall–Kier alpha value is -1.20. The molecule has 0 atom stereocenters. The van der Waals surface area contributed by atoms with Gasteiger partial charge in [-0.15, -0.1) is 0 Å². The van der Waals surface area contributed by atoms with Gasteiger partial charge in [0.2, 0.25) is 0 Å². The molecule has 0 radical (unpaired) electrons. The highest BCUT2D eigenvalue weighted by atomic mass is 32.2. The molecule has 0 bridgehead atoms. The van der Waals surface area contributed by atoms with E-state index in [0.717, 1.165) is 5.56 Å². The number of aryl methyl sites for hydroxylation is 1. The summed E-state index contributed by atoms with van der Waals surface area (Å²) in [5, 5.41) is 0. The van der Waals surface area contributed by atoms with Gasteiger partial charge >= 0.3 is 0 Å². The van der Waals surface area contributed by atoms with E-state index in [1.165, 1.54) is 26.0 Å². The molecule has 0 unspecified atom stereocenters. The van der Waals surface area contributed by atoms with Gasteiger partial charge in [0.05, 0.1) is 4.90 Å². The monoisotopic (exact) mass is 230 g/mol. The van der Waals surface area contributed by atoms with Gasteiger partial charge in [0.1, 0.15) is 5.78 Å². The minimum absolute atomic E-state index is 0.0666. The number of hydrogen-bond donors (Lipinski definition) is 1. The van der Waals surface area contributed by atoms with Crippen LogP contribution < -0.4 is 0 Å². The van der Waals surface area contributed by atoms with Crippen LogP contribution in [0.15, 0.2) is 29.2 Å². The van der Waals surface area contributed by atoms with Crippen molar-refractivity contribution >= 4 is 15.9 Å². The predicted molar refractivity (Wildman–Crippen MR) is 57.3 cm³/mol. The predicted octanol–water partition coefficient (Wildman–Crippen LogP) is 1.84. The Balaban J connectivity index is 0.000000423. The topological polar surface area (TPSA) is 71.4 Å². The van der Waals surface area contributed by atoms with Crippen LogP contribution in [0.5, 0.6) is 0 Å². The van der Waals surface area contributed by atoms with Crippen molar-refractivity contribution < 1.29 is 17.8 Å². The maximum atomic E-state index is 10.5. The van der Waals surface area contributed by atoms with E-state index in [2.05, 4.69) is 0 Å². The molecule has 0 saturated heterocycles. The number of carbonyl (C=O) groups is 1. The van der Waals surface area contributed by atoms with Crippen molar-refractivity contribution in [3.8, 4) is 0 Å². The molecule has 0 fully saturated rings. The Kier molecular flexibility index (Phi) is 5.18. The van der Waals surface area contributed by atoms with Crippen molar-refractivity contribution in [1.29, 1.82) is 0 Å². The molecule has 1 N–H and O–H groups in total. The van der Waals surface area contributed by atoms with Gasteiger partial charge < -0.3 is 4.79 Å². The molecule has 0 aromatic heterocycles. The zero-order chi connectivity index (χ0) is 12.1. The molecule has 1 rings (SSSR count). The van der Waals surface area contributed by atoms with Crippen LogP contribution in [0.4, 0.5) is 0 Å². The number of ketones is 1. The lowest BCUT2D eigenvalue weighted by Gasteiger charge is -1.95.